The monoisotopic (exact) mass is 496 g/mol. The molecule has 0 spiro atoms. The molecular formula is C27H36N4O3S. The fourth-order valence-corrected chi connectivity index (χ4v) is 4.56. The van der Waals surface area contributed by atoms with E-state index in [0.717, 1.165) is 53.6 Å². The average molecular weight is 497 g/mol. The van der Waals surface area contributed by atoms with Crippen molar-refractivity contribution in [3.63, 3.8) is 0 Å². The summed E-state index contributed by atoms with van der Waals surface area (Å²) >= 11 is 1.79. The van der Waals surface area contributed by atoms with Gasteiger partial charge in [0.25, 0.3) is 0 Å². The molecule has 0 saturated carbocycles. The first-order chi connectivity index (χ1) is 17.0. The number of anilines is 1. The van der Waals surface area contributed by atoms with E-state index in [-0.39, 0.29) is 5.84 Å². The molecule has 8 heteroatoms. The Balaban J connectivity index is 1.39. The number of nitrogens with two attached hydrogens (primary N) is 1. The van der Waals surface area contributed by atoms with E-state index in [1.54, 1.807) is 23.5 Å². The third-order valence-corrected chi connectivity index (χ3v) is 6.82. The number of benzene rings is 2. The van der Waals surface area contributed by atoms with E-state index in [1.165, 1.54) is 17.7 Å². The van der Waals surface area contributed by atoms with Crippen molar-refractivity contribution in [3.05, 3.63) is 59.0 Å². The molecule has 3 rings (SSSR count). The zero-order valence-electron chi connectivity index (χ0n) is 20.9. The van der Waals surface area contributed by atoms with Crippen LogP contribution in [0.3, 0.4) is 0 Å². The Labute approximate surface area is 212 Å². The summed E-state index contributed by atoms with van der Waals surface area (Å²) < 4.78 is 11.7. The molecule has 0 bridgehead atoms. The standard InChI is InChI=1S/C27H36N4O3S/c1-4-5-9-24-25(29-27(35-24)31(2)3)20-10-14-22(15-11-20)33-18-7-6-8-19-34-23-16-12-21(13-17-23)26(28)30-32/h10-17,32H,4-9,18-19H2,1-3H3,(H2,28,30). The van der Waals surface area contributed by atoms with Gasteiger partial charge >= 0.3 is 0 Å². The summed E-state index contributed by atoms with van der Waals surface area (Å²) in [5.41, 5.74) is 8.46. The molecule has 0 aliphatic carbocycles. The Hall–Kier alpha value is -3.26. The van der Waals surface area contributed by atoms with Gasteiger partial charge in [0.05, 0.1) is 18.9 Å². The van der Waals surface area contributed by atoms with E-state index in [1.807, 2.05) is 38.4 Å². The smallest absolute Gasteiger partial charge is 0.185 e. The lowest BCUT2D eigenvalue weighted by molar-refractivity contribution is 0.279. The number of nitrogens with zero attached hydrogens (tertiary/aromatic N) is 3. The summed E-state index contributed by atoms with van der Waals surface area (Å²) in [6.07, 6.45) is 6.35. The van der Waals surface area contributed by atoms with E-state index >= 15 is 0 Å². The van der Waals surface area contributed by atoms with Crippen molar-refractivity contribution < 1.29 is 14.7 Å². The van der Waals surface area contributed by atoms with Gasteiger partial charge in [0.2, 0.25) is 0 Å². The van der Waals surface area contributed by atoms with Crippen LogP contribution >= 0.6 is 11.3 Å². The molecule has 35 heavy (non-hydrogen) atoms. The van der Waals surface area contributed by atoms with E-state index in [9.17, 15) is 0 Å². The van der Waals surface area contributed by atoms with Crippen LogP contribution in [0.25, 0.3) is 11.3 Å². The minimum absolute atomic E-state index is 0.0875. The maximum atomic E-state index is 8.70. The summed E-state index contributed by atoms with van der Waals surface area (Å²) in [5.74, 6) is 1.74. The Kier molecular flexibility index (Phi) is 10.2. The Morgan fingerprint density at radius 1 is 0.943 bits per heavy atom. The number of aromatic nitrogens is 1. The van der Waals surface area contributed by atoms with E-state index < -0.39 is 0 Å². The van der Waals surface area contributed by atoms with Crippen molar-refractivity contribution in [2.45, 2.75) is 45.4 Å². The molecular weight excluding hydrogens is 460 g/mol. The van der Waals surface area contributed by atoms with Crippen LogP contribution in [0, 0.1) is 0 Å². The number of thiazole rings is 1. The average Bonchev–Trinajstić information content (AvgIpc) is 3.32. The predicted molar refractivity (Wildman–Crippen MR) is 144 cm³/mol. The van der Waals surface area contributed by atoms with Gasteiger partial charge in [-0.25, -0.2) is 4.98 Å². The molecule has 3 N–H and O–H groups in total. The van der Waals surface area contributed by atoms with Gasteiger partial charge in [-0.05, 0) is 80.6 Å². The highest BCUT2D eigenvalue weighted by Crippen LogP contribution is 2.34. The first-order valence-electron chi connectivity index (χ1n) is 12.1. The van der Waals surface area contributed by atoms with Crippen molar-refractivity contribution in [2.24, 2.45) is 10.9 Å². The van der Waals surface area contributed by atoms with Crippen molar-refractivity contribution in [3.8, 4) is 22.8 Å². The lowest BCUT2D eigenvalue weighted by Crippen LogP contribution is -2.12. The molecule has 0 saturated heterocycles. The molecule has 0 fully saturated rings. The Morgan fingerprint density at radius 2 is 1.54 bits per heavy atom. The van der Waals surface area contributed by atoms with Gasteiger partial charge in [0, 0.05) is 30.1 Å². The molecule has 0 aliphatic heterocycles. The normalized spacial score (nSPS) is 11.5. The highest BCUT2D eigenvalue weighted by Gasteiger charge is 2.14. The second kappa shape index (κ2) is 13.6. The molecule has 2 aromatic carbocycles. The minimum Gasteiger partial charge on any atom is -0.494 e. The van der Waals surface area contributed by atoms with Gasteiger partial charge < -0.3 is 25.3 Å². The van der Waals surface area contributed by atoms with Crippen molar-refractivity contribution in [1.29, 1.82) is 0 Å². The number of hydrogen-bond acceptors (Lipinski definition) is 7. The lowest BCUT2D eigenvalue weighted by Gasteiger charge is -2.09. The molecule has 3 aromatic rings. The number of amidine groups is 1. The van der Waals surface area contributed by atoms with E-state index in [4.69, 9.17) is 25.4 Å². The number of hydrogen-bond donors (Lipinski definition) is 2. The summed E-state index contributed by atoms with van der Waals surface area (Å²) in [5, 5.41) is 12.7. The van der Waals surface area contributed by atoms with Crippen LogP contribution in [0.1, 0.15) is 49.5 Å². The molecule has 0 unspecified atom stereocenters. The first-order valence-corrected chi connectivity index (χ1v) is 12.9. The van der Waals surface area contributed by atoms with E-state index in [0.29, 0.717) is 18.8 Å². The van der Waals surface area contributed by atoms with Crippen LogP contribution < -0.4 is 20.1 Å². The minimum atomic E-state index is 0.0875. The third-order valence-electron chi connectivity index (χ3n) is 5.54. The number of ether oxygens (including phenoxy) is 2. The van der Waals surface area contributed by atoms with Crippen LogP contribution in [0.4, 0.5) is 5.13 Å². The van der Waals surface area contributed by atoms with Crippen molar-refractivity contribution >= 4 is 22.3 Å². The predicted octanol–water partition coefficient (Wildman–Crippen LogP) is 5.94. The zero-order valence-corrected chi connectivity index (χ0v) is 21.7. The molecule has 0 atom stereocenters. The lowest BCUT2D eigenvalue weighted by atomic mass is 10.1. The quantitative estimate of drug-likeness (QED) is 0.0943. The number of unbranched alkanes of at least 4 members (excludes halogenated alkanes) is 3. The summed E-state index contributed by atoms with van der Waals surface area (Å²) in [6.45, 7) is 3.54. The van der Waals surface area contributed by atoms with Gasteiger partial charge in [0.1, 0.15) is 11.5 Å². The first kappa shape index (κ1) is 26.3. The van der Waals surface area contributed by atoms with Crippen LogP contribution in [-0.4, -0.2) is 43.3 Å². The Bertz CT molecular complexity index is 1060. The molecule has 1 heterocycles. The van der Waals surface area contributed by atoms with Crippen molar-refractivity contribution in [1.82, 2.24) is 4.98 Å². The summed E-state index contributed by atoms with van der Waals surface area (Å²) in [6, 6.07) is 15.5. The topological polar surface area (TPSA) is 93.2 Å². The van der Waals surface area contributed by atoms with Crippen LogP contribution in [0.5, 0.6) is 11.5 Å². The SMILES string of the molecule is CCCCc1sc(N(C)C)nc1-c1ccc(OCCCCCOc2ccc(/C(N)=N/O)cc2)cc1. The van der Waals surface area contributed by atoms with Gasteiger partial charge in [-0.2, -0.15) is 0 Å². The zero-order chi connectivity index (χ0) is 25.0. The molecule has 188 valence electrons. The largest absolute Gasteiger partial charge is 0.494 e. The second-order valence-corrected chi connectivity index (χ2v) is 9.62. The van der Waals surface area contributed by atoms with Gasteiger partial charge in [-0.15, -0.1) is 11.3 Å². The van der Waals surface area contributed by atoms with Gasteiger partial charge in [-0.1, -0.05) is 18.5 Å². The van der Waals surface area contributed by atoms with Crippen LogP contribution in [0.15, 0.2) is 53.7 Å². The second-order valence-electron chi connectivity index (χ2n) is 8.56. The molecule has 0 aliphatic rings. The Morgan fingerprint density at radius 3 is 2.09 bits per heavy atom. The van der Waals surface area contributed by atoms with Crippen LogP contribution in [0.2, 0.25) is 0 Å². The van der Waals surface area contributed by atoms with Gasteiger partial charge in [0.15, 0.2) is 11.0 Å². The third kappa shape index (κ3) is 7.89. The molecule has 0 amide bonds. The summed E-state index contributed by atoms with van der Waals surface area (Å²) in [7, 11) is 4.08. The molecule has 7 nitrogen and oxygen atoms in total. The number of oxime groups is 1. The molecule has 0 radical (unpaired) electrons. The van der Waals surface area contributed by atoms with Crippen molar-refractivity contribution in [2.75, 3.05) is 32.2 Å². The molecule has 1 aromatic heterocycles. The van der Waals surface area contributed by atoms with Gasteiger partial charge in [-0.3, -0.25) is 0 Å². The number of aryl methyl sites for hydroxylation is 1. The maximum absolute atomic E-state index is 8.70. The highest BCUT2D eigenvalue weighted by atomic mass is 32.1. The fraction of sp³-hybridized carbons (Fsp3) is 0.407. The maximum Gasteiger partial charge on any atom is 0.185 e. The highest BCUT2D eigenvalue weighted by molar-refractivity contribution is 7.16. The van der Waals surface area contributed by atoms with E-state index in [2.05, 4.69) is 29.1 Å². The number of rotatable bonds is 14. The summed E-state index contributed by atoms with van der Waals surface area (Å²) in [4.78, 5) is 8.30. The fourth-order valence-electron chi connectivity index (χ4n) is 3.51. The van der Waals surface area contributed by atoms with Crippen LogP contribution in [-0.2, 0) is 6.42 Å².